The normalized spacial score (nSPS) is 10.7. The van der Waals surface area contributed by atoms with Crippen molar-refractivity contribution in [3.8, 4) is 11.5 Å². The highest BCUT2D eigenvalue weighted by molar-refractivity contribution is 6.35. The number of nitrogens with zero attached hydrogens (tertiary/aromatic N) is 2. The number of nitro groups is 1. The first-order valence-electron chi connectivity index (χ1n) is 9.26. The zero-order valence-corrected chi connectivity index (χ0v) is 18.0. The molecule has 0 unspecified atom stereocenters. The van der Waals surface area contributed by atoms with Crippen molar-refractivity contribution in [1.29, 1.82) is 0 Å². The summed E-state index contributed by atoms with van der Waals surface area (Å²) in [7, 11) is 0. The van der Waals surface area contributed by atoms with E-state index < -0.39 is 10.8 Å². The Hall–Kier alpha value is -3.62. The fraction of sp³-hybridized carbons (Fsp3) is 0.0909. The van der Waals surface area contributed by atoms with Gasteiger partial charge in [-0.2, -0.15) is 5.10 Å². The number of ether oxygens (including phenoxy) is 2. The van der Waals surface area contributed by atoms with E-state index in [1.807, 2.05) is 0 Å². The molecular weight excluding hydrogens is 457 g/mol. The Morgan fingerprint density at radius 3 is 2.41 bits per heavy atom. The van der Waals surface area contributed by atoms with Gasteiger partial charge >= 0.3 is 0 Å². The first-order chi connectivity index (χ1) is 15.4. The summed E-state index contributed by atoms with van der Waals surface area (Å²) in [5, 5.41) is 15.3. The Kier molecular flexibility index (Phi) is 8.02. The van der Waals surface area contributed by atoms with Gasteiger partial charge in [0.05, 0.1) is 16.2 Å². The number of nitrogens with one attached hydrogen (secondary N) is 1. The minimum atomic E-state index is -0.449. The molecule has 0 heterocycles. The zero-order chi connectivity index (χ0) is 22.9. The molecular formula is C22H17Cl2N3O5. The molecule has 32 heavy (non-hydrogen) atoms. The van der Waals surface area contributed by atoms with Crippen LogP contribution in [0.25, 0.3) is 0 Å². The lowest BCUT2D eigenvalue weighted by Crippen LogP contribution is -2.24. The molecule has 0 fully saturated rings. The number of hydrazone groups is 1. The molecule has 0 radical (unpaired) electrons. The largest absolute Gasteiger partial charge is 0.489 e. The molecule has 0 aliphatic heterocycles. The molecule has 8 nitrogen and oxygen atoms in total. The van der Waals surface area contributed by atoms with Gasteiger partial charge in [-0.1, -0.05) is 23.2 Å². The van der Waals surface area contributed by atoms with Gasteiger partial charge < -0.3 is 9.47 Å². The van der Waals surface area contributed by atoms with Crippen molar-refractivity contribution in [2.45, 2.75) is 6.61 Å². The van der Waals surface area contributed by atoms with Crippen LogP contribution in [0.5, 0.6) is 11.5 Å². The number of rotatable bonds is 9. The molecule has 0 aromatic heterocycles. The third kappa shape index (κ3) is 6.97. The SMILES string of the molecule is O=C(COc1ccc(Cl)cc1Cl)N/N=C\c1ccc(OCc2ccc([N+](=O)[O-])cc2)cc1. The topological polar surface area (TPSA) is 103 Å². The lowest BCUT2D eigenvalue weighted by atomic mass is 10.2. The van der Waals surface area contributed by atoms with Gasteiger partial charge in [-0.05, 0) is 65.7 Å². The number of carbonyl (C=O) groups excluding carboxylic acids is 1. The standard InChI is InChI=1S/C22H17Cl2N3O5/c23-17-5-10-21(20(24)11-17)32-14-22(28)26-25-12-15-3-8-19(9-4-15)31-13-16-1-6-18(7-2-16)27(29)30/h1-12H,13-14H2,(H,26,28)/b25-12-. The fourth-order valence-electron chi connectivity index (χ4n) is 2.48. The average molecular weight is 474 g/mol. The summed E-state index contributed by atoms with van der Waals surface area (Å²) < 4.78 is 11.0. The Balaban J connectivity index is 1.43. The minimum absolute atomic E-state index is 0.0322. The van der Waals surface area contributed by atoms with Crippen LogP contribution in [0, 0.1) is 10.1 Å². The molecule has 1 N–H and O–H groups in total. The summed E-state index contributed by atoms with van der Waals surface area (Å²) in [5.74, 6) is 0.521. The van der Waals surface area contributed by atoms with Crippen molar-refractivity contribution >= 4 is 41.0 Å². The van der Waals surface area contributed by atoms with Crippen LogP contribution < -0.4 is 14.9 Å². The maximum atomic E-state index is 11.8. The number of carbonyl (C=O) groups is 1. The molecule has 3 aromatic carbocycles. The first-order valence-corrected chi connectivity index (χ1v) is 10.0. The number of nitro benzene ring substituents is 1. The van der Waals surface area contributed by atoms with E-state index in [-0.39, 0.29) is 18.9 Å². The Morgan fingerprint density at radius 2 is 1.75 bits per heavy atom. The molecule has 0 aliphatic carbocycles. The van der Waals surface area contributed by atoms with Gasteiger partial charge in [0.1, 0.15) is 18.1 Å². The average Bonchev–Trinajstić information content (AvgIpc) is 2.78. The summed E-state index contributed by atoms with van der Waals surface area (Å²) in [6, 6.07) is 17.9. The maximum Gasteiger partial charge on any atom is 0.277 e. The highest BCUT2D eigenvalue weighted by Gasteiger charge is 2.06. The van der Waals surface area contributed by atoms with Gasteiger partial charge in [0.25, 0.3) is 11.6 Å². The van der Waals surface area contributed by atoms with Crippen LogP contribution in [0.2, 0.25) is 10.0 Å². The van der Waals surface area contributed by atoms with Gasteiger partial charge in [0.15, 0.2) is 6.61 Å². The van der Waals surface area contributed by atoms with Crippen molar-refractivity contribution in [2.75, 3.05) is 6.61 Å². The van der Waals surface area contributed by atoms with Crippen molar-refractivity contribution in [1.82, 2.24) is 5.43 Å². The van der Waals surface area contributed by atoms with E-state index in [1.165, 1.54) is 24.4 Å². The lowest BCUT2D eigenvalue weighted by molar-refractivity contribution is -0.384. The van der Waals surface area contributed by atoms with Gasteiger partial charge in [-0.15, -0.1) is 0 Å². The highest BCUT2D eigenvalue weighted by Crippen LogP contribution is 2.27. The predicted octanol–water partition coefficient (Wildman–Crippen LogP) is 5.01. The number of benzene rings is 3. The lowest BCUT2D eigenvalue weighted by Gasteiger charge is -2.07. The summed E-state index contributed by atoms with van der Waals surface area (Å²) in [5.41, 5.74) is 3.95. The second kappa shape index (κ2) is 11.1. The van der Waals surface area contributed by atoms with Crippen LogP contribution in [-0.4, -0.2) is 23.7 Å². The minimum Gasteiger partial charge on any atom is -0.489 e. The van der Waals surface area contributed by atoms with E-state index in [1.54, 1.807) is 48.5 Å². The number of hydrogen-bond donors (Lipinski definition) is 1. The fourth-order valence-corrected chi connectivity index (χ4v) is 2.94. The second-order valence-corrected chi connectivity index (χ2v) is 7.28. The number of amides is 1. The van der Waals surface area contributed by atoms with Crippen LogP contribution in [0.1, 0.15) is 11.1 Å². The summed E-state index contributed by atoms with van der Waals surface area (Å²) in [4.78, 5) is 22.1. The molecule has 0 bridgehead atoms. The van der Waals surface area contributed by atoms with E-state index >= 15 is 0 Å². The van der Waals surface area contributed by atoms with Crippen LogP contribution in [-0.2, 0) is 11.4 Å². The highest BCUT2D eigenvalue weighted by atomic mass is 35.5. The van der Waals surface area contributed by atoms with Crippen LogP contribution in [0.3, 0.4) is 0 Å². The van der Waals surface area contributed by atoms with Crippen molar-refractivity contribution in [3.63, 3.8) is 0 Å². The van der Waals surface area contributed by atoms with Gasteiger partial charge in [0.2, 0.25) is 0 Å². The summed E-state index contributed by atoms with van der Waals surface area (Å²) >= 11 is 11.8. The molecule has 3 rings (SSSR count). The predicted molar refractivity (Wildman–Crippen MR) is 122 cm³/mol. The molecule has 0 atom stereocenters. The number of hydrogen-bond acceptors (Lipinski definition) is 6. The molecule has 10 heteroatoms. The Morgan fingerprint density at radius 1 is 1.03 bits per heavy atom. The molecule has 0 saturated heterocycles. The van der Waals surface area contributed by atoms with E-state index in [0.717, 1.165) is 11.1 Å². The summed E-state index contributed by atoms with van der Waals surface area (Å²) in [6.45, 7) is 0.0211. The Labute approximate surface area is 193 Å². The molecule has 0 saturated carbocycles. The molecule has 0 aliphatic rings. The molecule has 164 valence electrons. The Bertz CT molecular complexity index is 1120. The first kappa shape index (κ1) is 23.1. The van der Waals surface area contributed by atoms with E-state index in [9.17, 15) is 14.9 Å². The van der Waals surface area contributed by atoms with Gasteiger partial charge in [-0.25, -0.2) is 5.43 Å². The van der Waals surface area contributed by atoms with Gasteiger partial charge in [0, 0.05) is 17.2 Å². The van der Waals surface area contributed by atoms with E-state index in [0.29, 0.717) is 21.5 Å². The van der Waals surface area contributed by atoms with Crippen molar-refractivity contribution in [2.24, 2.45) is 5.10 Å². The molecule has 3 aromatic rings. The van der Waals surface area contributed by atoms with Crippen molar-refractivity contribution < 1.29 is 19.2 Å². The van der Waals surface area contributed by atoms with Crippen LogP contribution >= 0.6 is 23.2 Å². The summed E-state index contributed by atoms with van der Waals surface area (Å²) in [6.07, 6.45) is 1.48. The number of halogens is 2. The van der Waals surface area contributed by atoms with Crippen LogP contribution in [0.15, 0.2) is 71.8 Å². The second-order valence-electron chi connectivity index (χ2n) is 6.44. The molecule has 0 spiro atoms. The van der Waals surface area contributed by atoms with Crippen LogP contribution in [0.4, 0.5) is 5.69 Å². The third-order valence-electron chi connectivity index (χ3n) is 4.09. The van der Waals surface area contributed by atoms with E-state index in [2.05, 4.69) is 10.5 Å². The zero-order valence-electron chi connectivity index (χ0n) is 16.5. The number of non-ortho nitro benzene ring substituents is 1. The quantitative estimate of drug-likeness (QED) is 0.267. The maximum absolute atomic E-state index is 11.8. The smallest absolute Gasteiger partial charge is 0.277 e. The van der Waals surface area contributed by atoms with Crippen molar-refractivity contribution in [3.05, 3.63) is 98.0 Å². The monoisotopic (exact) mass is 473 g/mol. The molecule has 1 amide bonds. The van der Waals surface area contributed by atoms with E-state index in [4.69, 9.17) is 32.7 Å². The van der Waals surface area contributed by atoms with Gasteiger partial charge in [-0.3, -0.25) is 14.9 Å². The third-order valence-corrected chi connectivity index (χ3v) is 4.62.